The Labute approximate surface area is 170 Å². The fourth-order valence-electron chi connectivity index (χ4n) is 2.77. The maximum absolute atomic E-state index is 13.1. The van der Waals surface area contributed by atoms with Gasteiger partial charge in [-0.15, -0.1) is 10.2 Å². The van der Waals surface area contributed by atoms with Gasteiger partial charge in [0.25, 0.3) is 0 Å². The number of carbonyl (C=O) groups is 1. The molecule has 0 atom stereocenters. The van der Waals surface area contributed by atoms with E-state index in [4.69, 9.17) is 0 Å². The molecule has 1 aromatic heterocycles. The van der Waals surface area contributed by atoms with Crippen molar-refractivity contribution in [3.8, 4) is 5.69 Å². The van der Waals surface area contributed by atoms with Crippen LogP contribution in [0, 0.1) is 6.92 Å². The van der Waals surface area contributed by atoms with E-state index < -0.39 is 17.6 Å². The third kappa shape index (κ3) is 4.97. The Kier molecular flexibility index (Phi) is 6.26. The Morgan fingerprint density at radius 3 is 2.45 bits per heavy atom. The normalized spacial score (nSPS) is 11.5. The summed E-state index contributed by atoms with van der Waals surface area (Å²) in [5, 5.41) is 11.0. The van der Waals surface area contributed by atoms with Gasteiger partial charge in [-0.2, -0.15) is 13.2 Å². The highest BCUT2D eigenvalue weighted by atomic mass is 32.2. The number of benzene rings is 2. The predicted molar refractivity (Wildman–Crippen MR) is 106 cm³/mol. The Morgan fingerprint density at radius 2 is 1.79 bits per heavy atom. The Bertz CT molecular complexity index is 1000. The van der Waals surface area contributed by atoms with Gasteiger partial charge in [0.1, 0.15) is 5.82 Å². The smallest absolute Gasteiger partial charge is 0.325 e. The van der Waals surface area contributed by atoms with Crippen molar-refractivity contribution < 1.29 is 18.0 Å². The number of aromatic nitrogens is 3. The van der Waals surface area contributed by atoms with Crippen LogP contribution in [0.2, 0.25) is 0 Å². The first-order valence-electron chi connectivity index (χ1n) is 8.89. The Morgan fingerprint density at radius 1 is 1.10 bits per heavy atom. The topological polar surface area (TPSA) is 59.8 Å². The monoisotopic (exact) mass is 420 g/mol. The van der Waals surface area contributed by atoms with Crippen LogP contribution in [0.15, 0.2) is 53.7 Å². The summed E-state index contributed by atoms with van der Waals surface area (Å²) in [4.78, 5) is 12.2. The minimum atomic E-state index is -4.54. The molecule has 9 heteroatoms. The van der Waals surface area contributed by atoms with Crippen LogP contribution in [0.25, 0.3) is 5.69 Å². The molecule has 0 aliphatic rings. The molecule has 1 heterocycles. The van der Waals surface area contributed by atoms with Crippen LogP contribution in [0.1, 0.15) is 23.9 Å². The summed E-state index contributed by atoms with van der Waals surface area (Å²) in [7, 11) is 0. The molecule has 0 saturated heterocycles. The van der Waals surface area contributed by atoms with Crippen LogP contribution in [-0.2, 0) is 17.4 Å². The van der Waals surface area contributed by atoms with Crippen LogP contribution in [0.5, 0.6) is 0 Å². The van der Waals surface area contributed by atoms with E-state index in [2.05, 4.69) is 22.4 Å². The SMILES string of the molecule is CCc1ccc(-n2c(C)nnc2SCC(=O)Nc2ccccc2C(F)(F)F)cc1. The largest absolute Gasteiger partial charge is 0.418 e. The van der Waals surface area contributed by atoms with Gasteiger partial charge in [0, 0.05) is 5.69 Å². The fourth-order valence-corrected chi connectivity index (χ4v) is 3.57. The van der Waals surface area contributed by atoms with Crippen molar-refractivity contribution in [3.63, 3.8) is 0 Å². The highest BCUT2D eigenvalue weighted by Crippen LogP contribution is 2.34. The average Bonchev–Trinajstić information content (AvgIpc) is 3.06. The lowest BCUT2D eigenvalue weighted by atomic mass is 10.1. The van der Waals surface area contributed by atoms with E-state index in [9.17, 15) is 18.0 Å². The molecule has 0 unspecified atom stereocenters. The van der Waals surface area contributed by atoms with Crippen molar-refractivity contribution in [1.29, 1.82) is 0 Å². The first-order chi connectivity index (χ1) is 13.8. The second-order valence-corrected chi connectivity index (χ2v) is 7.21. The van der Waals surface area contributed by atoms with Crippen molar-refractivity contribution >= 4 is 23.4 Å². The zero-order valence-corrected chi connectivity index (χ0v) is 16.6. The molecule has 2 aromatic carbocycles. The van der Waals surface area contributed by atoms with Crippen molar-refractivity contribution in [1.82, 2.24) is 14.8 Å². The van der Waals surface area contributed by atoms with Crippen molar-refractivity contribution in [2.75, 3.05) is 11.1 Å². The molecule has 0 radical (unpaired) electrons. The van der Waals surface area contributed by atoms with E-state index in [1.165, 1.54) is 23.8 Å². The molecular formula is C20H19F3N4OS. The van der Waals surface area contributed by atoms with Gasteiger partial charge in [-0.1, -0.05) is 43.0 Å². The summed E-state index contributed by atoms with van der Waals surface area (Å²) in [6, 6.07) is 12.8. The number of hydrogen-bond donors (Lipinski definition) is 1. The average molecular weight is 420 g/mol. The van der Waals surface area contributed by atoms with Gasteiger partial charge in [0.15, 0.2) is 5.16 Å². The molecule has 0 aliphatic heterocycles. The predicted octanol–water partition coefficient (Wildman–Crippen LogP) is 4.89. The lowest BCUT2D eigenvalue weighted by Gasteiger charge is -2.13. The second kappa shape index (κ2) is 8.69. The Hall–Kier alpha value is -2.81. The first-order valence-corrected chi connectivity index (χ1v) is 9.88. The number of anilines is 1. The lowest BCUT2D eigenvalue weighted by Crippen LogP contribution is -2.18. The standard InChI is InChI=1S/C20H19F3N4OS/c1-3-14-8-10-15(11-9-14)27-13(2)25-26-19(27)29-12-18(28)24-17-7-5-4-6-16(17)20(21,22)23/h4-11H,3,12H2,1-2H3,(H,24,28). The minimum absolute atomic E-state index is 0.0998. The van der Waals surface area contributed by atoms with Crippen molar-refractivity contribution in [2.24, 2.45) is 0 Å². The number of aryl methyl sites for hydroxylation is 2. The van der Waals surface area contributed by atoms with Crippen LogP contribution in [0.4, 0.5) is 18.9 Å². The van der Waals surface area contributed by atoms with Crippen LogP contribution in [0.3, 0.4) is 0 Å². The zero-order valence-electron chi connectivity index (χ0n) is 15.8. The van der Waals surface area contributed by atoms with Gasteiger partial charge in [-0.3, -0.25) is 9.36 Å². The van der Waals surface area contributed by atoms with E-state index in [1.54, 1.807) is 11.5 Å². The van der Waals surface area contributed by atoms with E-state index >= 15 is 0 Å². The molecule has 5 nitrogen and oxygen atoms in total. The number of nitrogens with one attached hydrogen (secondary N) is 1. The molecule has 29 heavy (non-hydrogen) atoms. The molecule has 1 amide bonds. The van der Waals surface area contributed by atoms with E-state index in [-0.39, 0.29) is 11.4 Å². The third-order valence-electron chi connectivity index (χ3n) is 4.24. The summed E-state index contributed by atoms with van der Waals surface area (Å²) in [5.74, 6) is -0.00279. The number of carbonyl (C=O) groups excluding carboxylic acids is 1. The summed E-state index contributed by atoms with van der Waals surface area (Å²) >= 11 is 1.11. The van der Waals surface area contributed by atoms with Gasteiger partial charge in [0.2, 0.25) is 5.91 Å². The molecule has 152 valence electrons. The maximum Gasteiger partial charge on any atom is 0.418 e. The number of rotatable bonds is 6. The van der Waals surface area contributed by atoms with Crippen LogP contribution in [-0.4, -0.2) is 26.4 Å². The van der Waals surface area contributed by atoms with E-state index in [0.29, 0.717) is 11.0 Å². The van der Waals surface area contributed by atoms with Gasteiger partial charge in [0.05, 0.1) is 17.0 Å². The fraction of sp³-hybridized carbons (Fsp3) is 0.250. The summed E-state index contributed by atoms with van der Waals surface area (Å²) < 4.78 is 41.0. The number of para-hydroxylation sites is 1. The summed E-state index contributed by atoms with van der Waals surface area (Å²) in [5.41, 5.74) is 0.901. The molecule has 0 saturated carbocycles. The highest BCUT2D eigenvalue weighted by molar-refractivity contribution is 7.99. The Balaban J connectivity index is 1.72. The van der Waals surface area contributed by atoms with E-state index in [0.717, 1.165) is 29.9 Å². The van der Waals surface area contributed by atoms with Crippen LogP contribution < -0.4 is 5.32 Å². The number of thioether (sulfide) groups is 1. The zero-order chi connectivity index (χ0) is 21.0. The van der Waals surface area contributed by atoms with Gasteiger partial charge < -0.3 is 5.32 Å². The van der Waals surface area contributed by atoms with Gasteiger partial charge in [-0.25, -0.2) is 0 Å². The highest BCUT2D eigenvalue weighted by Gasteiger charge is 2.33. The number of halogens is 3. The molecule has 0 fully saturated rings. The molecular weight excluding hydrogens is 401 g/mol. The van der Waals surface area contributed by atoms with Crippen molar-refractivity contribution in [2.45, 2.75) is 31.6 Å². The van der Waals surface area contributed by atoms with Crippen molar-refractivity contribution in [3.05, 3.63) is 65.5 Å². The summed E-state index contributed by atoms with van der Waals surface area (Å²) in [6.07, 6.45) is -3.62. The number of alkyl halides is 3. The van der Waals surface area contributed by atoms with Crippen LogP contribution >= 0.6 is 11.8 Å². The quantitative estimate of drug-likeness (QED) is 0.577. The molecule has 0 aliphatic carbocycles. The van der Waals surface area contributed by atoms with E-state index in [1.807, 2.05) is 24.3 Å². The maximum atomic E-state index is 13.1. The molecule has 1 N–H and O–H groups in total. The first kappa shape index (κ1) is 20.9. The minimum Gasteiger partial charge on any atom is -0.325 e. The number of amides is 1. The number of nitrogens with zero attached hydrogens (tertiary/aromatic N) is 3. The van der Waals surface area contributed by atoms with Gasteiger partial charge in [-0.05, 0) is 43.2 Å². The third-order valence-corrected chi connectivity index (χ3v) is 5.17. The molecule has 3 rings (SSSR count). The second-order valence-electron chi connectivity index (χ2n) is 6.27. The molecule has 0 spiro atoms. The summed E-state index contributed by atoms with van der Waals surface area (Å²) in [6.45, 7) is 3.86. The van der Waals surface area contributed by atoms with Gasteiger partial charge >= 0.3 is 6.18 Å². The lowest BCUT2D eigenvalue weighted by molar-refractivity contribution is -0.137. The number of hydrogen-bond acceptors (Lipinski definition) is 4. The molecule has 3 aromatic rings. The molecule has 0 bridgehead atoms.